The topological polar surface area (TPSA) is 92.9 Å². The van der Waals surface area contributed by atoms with Gasteiger partial charge < -0.3 is 20.5 Å². The number of carboxylic acids is 1. The summed E-state index contributed by atoms with van der Waals surface area (Å²) in [5, 5.41) is 9.21. The number of carbonyl (C=O) groups is 2. The van der Waals surface area contributed by atoms with Crippen LogP contribution in [0.2, 0.25) is 0 Å². The van der Waals surface area contributed by atoms with Crippen molar-refractivity contribution in [2.75, 3.05) is 26.3 Å². The minimum atomic E-state index is -0.896. The first-order chi connectivity index (χ1) is 9.82. The molecule has 0 spiro atoms. The van der Waals surface area contributed by atoms with Crippen LogP contribution in [-0.4, -0.2) is 54.2 Å². The quantitative estimate of drug-likeness (QED) is 0.700. The summed E-state index contributed by atoms with van der Waals surface area (Å²) in [6.45, 7) is 7.68. The molecule has 2 unspecified atom stereocenters. The Balaban J connectivity index is 2.63. The molecule has 2 atom stereocenters. The third-order valence-electron chi connectivity index (χ3n) is 4.27. The zero-order valence-electron chi connectivity index (χ0n) is 13.3. The van der Waals surface area contributed by atoms with Crippen molar-refractivity contribution in [1.29, 1.82) is 0 Å². The Kier molecular flexibility index (Phi) is 6.61. The lowest BCUT2D eigenvalue weighted by Gasteiger charge is -2.31. The predicted molar refractivity (Wildman–Crippen MR) is 79.8 cm³/mol. The number of rotatable bonds is 8. The molecule has 1 rings (SSSR count). The second-order valence-electron chi connectivity index (χ2n) is 6.43. The van der Waals surface area contributed by atoms with Crippen LogP contribution in [0.25, 0.3) is 0 Å². The van der Waals surface area contributed by atoms with Gasteiger partial charge >= 0.3 is 5.97 Å². The summed E-state index contributed by atoms with van der Waals surface area (Å²) in [5.74, 6) is -1.51. The van der Waals surface area contributed by atoms with Gasteiger partial charge in [0.25, 0.3) is 0 Å². The van der Waals surface area contributed by atoms with Crippen LogP contribution in [0.5, 0.6) is 0 Å². The fourth-order valence-corrected chi connectivity index (χ4v) is 2.79. The zero-order valence-corrected chi connectivity index (χ0v) is 13.3. The molecule has 0 bridgehead atoms. The Labute approximate surface area is 126 Å². The Morgan fingerprint density at radius 3 is 2.52 bits per heavy atom. The Hall–Kier alpha value is -1.14. The van der Waals surface area contributed by atoms with Crippen LogP contribution in [-0.2, 0) is 14.3 Å². The fourth-order valence-electron chi connectivity index (χ4n) is 2.79. The number of aliphatic carboxylic acids is 1. The van der Waals surface area contributed by atoms with E-state index in [0.717, 1.165) is 12.8 Å². The van der Waals surface area contributed by atoms with Gasteiger partial charge in [-0.25, -0.2) is 0 Å². The average Bonchev–Trinajstić information content (AvgIpc) is 2.86. The van der Waals surface area contributed by atoms with E-state index in [9.17, 15) is 14.7 Å². The Morgan fingerprint density at radius 1 is 1.33 bits per heavy atom. The van der Waals surface area contributed by atoms with Gasteiger partial charge in [0.1, 0.15) is 5.92 Å². The molecule has 21 heavy (non-hydrogen) atoms. The first-order valence-electron chi connectivity index (χ1n) is 7.62. The van der Waals surface area contributed by atoms with E-state index in [1.54, 1.807) is 4.90 Å². The van der Waals surface area contributed by atoms with Crippen molar-refractivity contribution >= 4 is 11.9 Å². The number of carboxylic acid groups (broad SMARTS) is 1. The Bertz CT molecular complexity index is 371. The van der Waals surface area contributed by atoms with E-state index in [4.69, 9.17) is 10.5 Å². The minimum Gasteiger partial charge on any atom is -0.481 e. The number of nitrogens with zero attached hydrogens (tertiary/aromatic N) is 1. The van der Waals surface area contributed by atoms with E-state index in [1.165, 1.54) is 0 Å². The second-order valence-corrected chi connectivity index (χ2v) is 6.43. The van der Waals surface area contributed by atoms with Gasteiger partial charge in [0.05, 0.1) is 19.3 Å². The largest absolute Gasteiger partial charge is 0.481 e. The molecule has 1 aliphatic rings. The maximum Gasteiger partial charge on any atom is 0.311 e. The number of amides is 1. The summed E-state index contributed by atoms with van der Waals surface area (Å²) >= 11 is 0. The van der Waals surface area contributed by atoms with Crippen LogP contribution in [0.4, 0.5) is 0 Å². The number of hydrogen-bond donors (Lipinski definition) is 2. The van der Waals surface area contributed by atoms with Gasteiger partial charge in [-0.15, -0.1) is 0 Å². The van der Waals surface area contributed by atoms with Gasteiger partial charge in [-0.1, -0.05) is 13.8 Å². The van der Waals surface area contributed by atoms with Gasteiger partial charge in [0, 0.05) is 13.0 Å². The van der Waals surface area contributed by atoms with Crippen LogP contribution in [0.15, 0.2) is 0 Å². The number of ether oxygens (including phenoxy) is 1. The zero-order chi connectivity index (χ0) is 16.0. The molecule has 1 amide bonds. The van der Waals surface area contributed by atoms with Crippen LogP contribution in [0.3, 0.4) is 0 Å². The molecule has 1 saturated heterocycles. The molecule has 0 aromatic carbocycles. The minimum absolute atomic E-state index is 0.00402. The summed E-state index contributed by atoms with van der Waals surface area (Å²) in [4.78, 5) is 25.3. The standard InChI is InChI=1S/C15H28N2O4/c1-4-17(12-10-21-9-11(12)14(19)20)13(18)5-6-15(2,3)7-8-16/h11-12H,4-10,16H2,1-3H3,(H,19,20). The highest BCUT2D eigenvalue weighted by molar-refractivity contribution is 5.78. The summed E-state index contributed by atoms with van der Waals surface area (Å²) in [6, 6.07) is -0.349. The molecule has 3 N–H and O–H groups in total. The Morgan fingerprint density at radius 2 is 2.00 bits per heavy atom. The molecule has 6 nitrogen and oxygen atoms in total. The van der Waals surface area contributed by atoms with Gasteiger partial charge in [0.2, 0.25) is 5.91 Å². The van der Waals surface area contributed by atoms with Gasteiger partial charge in [-0.05, 0) is 31.7 Å². The average molecular weight is 300 g/mol. The van der Waals surface area contributed by atoms with Gasteiger partial charge in [0.15, 0.2) is 0 Å². The third kappa shape index (κ3) is 4.97. The molecule has 0 saturated carbocycles. The number of hydrogen-bond acceptors (Lipinski definition) is 4. The van der Waals surface area contributed by atoms with E-state index in [-0.39, 0.29) is 24.0 Å². The van der Waals surface area contributed by atoms with Crippen LogP contribution >= 0.6 is 0 Å². The normalized spacial score (nSPS) is 22.3. The second kappa shape index (κ2) is 7.75. The molecule has 1 heterocycles. The van der Waals surface area contributed by atoms with Crippen LogP contribution < -0.4 is 5.73 Å². The van der Waals surface area contributed by atoms with Crippen molar-refractivity contribution < 1.29 is 19.4 Å². The molecular formula is C15H28N2O4. The molecule has 6 heteroatoms. The fraction of sp³-hybridized carbons (Fsp3) is 0.867. The van der Waals surface area contributed by atoms with Gasteiger partial charge in [-0.2, -0.15) is 0 Å². The van der Waals surface area contributed by atoms with Crippen molar-refractivity contribution in [2.45, 2.75) is 46.1 Å². The van der Waals surface area contributed by atoms with Crippen molar-refractivity contribution in [2.24, 2.45) is 17.1 Å². The highest BCUT2D eigenvalue weighted by Crippen LogP contribution is 2.27. The number of nitrogens with two attached hydrogens (primary N) is 1. The maximum absolute atomic E-state index is 12.4. The molecule has 1 aliphatic heterocycles. The molecular weight excluding hydrogens is 272 g/mol. The van der Waals surface area contributed by atoms with E-state index >= 15 is 0 Å². The van der Waals surface area contributed by atoms with Gasteiger partial charge in [-0.3, -0.25) is 9.59 Å². The summed E-state index contributed by atoms with van der Waals surface area (Å²) in [5.41, 5.74) is 5.61. The third-order valence-corrected chi connectivity index (χ3v) is 4.27. The monoisotopic (exact) mass is 300 g/mol. The maximum atomic E-state index is 12.4. The highest BCUT2D eigenvalue weighted by Gasteiger charge is 2.39. The first-order valence-corrected chi connectivity index (χ1v) is 7.62. The van der Waals surface area contributed by atoms with Crippen LogP contribution in [0.1, 0.15) is 40.0 Å². The van der Waals surface area contributed by atoms with E-state index in [1.807, 2.05) is 6.92 Å². The first kappa shape index (κ1) is 17.9. The summed E-state index contributed by atoms with van der Waals surface area (Å²) in [6.07, 6.45) is 2.05. The number of likely N-dealkylation sites (N-methyl/N-ethyl adjacent to an activating group) is 1. The van der Waals surface area contributed by atoms with Crippen molar-refractivity contribution in [3.8, 4) is 0 Å². The smallest absolute Gasteiger partial charge is 0.311 e. The molecule has 0 aromatic heterocycles. The molecule has 0 aromatic rings. The van der Waals surface area contributed by atoms with Crippen molar-refractivity contribution in [3.63, 3.8) is 0 Å². The van der Waals surface area contributed by atoms with E-state index < -0.39 is 11.9 Å². The lowest BCUT2D eigenvalue weighted by Crippen LogP contribution is -2.46. The molecule has 0 radical (unpaired) electrons. The van der Waals surface area contributed by atoms with Crippen LogP contribution in [0, 0.1) is 11.3 Å². The molecule has 122 valence electrons. The summed E-state index contributed by atoms with van der Waals surface area (Å²) < 4.78 is 5.26. The molecule has 0 aliphatic carbocycles. The SMILES string of the molecule is CCN(C(=O)CCC(C)(C)CCN)C1COCC1C(=O)O. The van der Waals surface area contributed by atoms with E-state index in [0.29, 0.717) is 26.1 Å². The number of carbonyl (C=O) groups excluding carboxylic acids is 1. The van der Waals surface area contributed by atoms with Crippen molar-refractivity contribution in [1.82, 2.24) is 4.90 Å². The van der Waals surface area contributed by atoms with E-state index in [2.05, 4.69) is 13.8 Å². The predicted octanol–water partition coefficient (Wildman–Crippen LogP) is 1.09. The summed E-state index contributed by atoms with van der Waals surface area (Å²) in [7, 11) is 0. The highest BCUT2D eigenvalue weighted by atomic mass is 16.5. The lowest BCUT2D eigenvalue weighted by atomic mass is 9.84. The molecule has 1 fully saturated rings. The van der Waals surface area contributed by atoms with Crippen molar-refractivity contribution in [3.05, 3.63) is 0 Å². The lowest BCUT2D eigenvalue weighted by molar-refractivity contribution is -0.145.